The number of nitrogens with zero attached hydrogens (tertiary/aromatic N) is 1. The molecule has 5 fully saturated rings. The molecular weight excluding hydrogens is 248 g/mol. The van der Waals surface area contributed by atoms with Gasteiger partial charge in [0.25, 0.3) is 0 Å². The van der Waals surface area contributed by atoms with E-state index in [0.717, 1.165) is 50.1 Å². The summed E-state index contributed by atoms with van der Waals surface area (Å²) in [5, 5.41) is 0. The summed E-state index contributed by atoms with van der Waals surface area (Å²) >= 11 is 0. The van der Waals surface area contributed by atoms with Crippen LogP contribution in [0.1, 0.15) is 57.8 Å². The summed E-state index contributed by atoms with van der Waals surface area (Å²) in [4.78, 5) is 14.8. The molecule has 0 aromatic heterocycles. The largest absolute Gasteiger partial charge is 0.341 e. The van der Waals surface area contributed by atoms with Crippen molar-refractivity contribution < 1.29 is 4.79 Å². The van der Waals surface area contributed by atoms with E-state index < -0.39 is 0 Å². The molecule has 0 spiro atoms. The third-order valence-corrected chi connectivity index (χ3v) is 6.50. The molecule has 0 aromatic rings. The topological polar surface area (TPSA) is 46.3 Å². The molecule has 1 saturated heterocycles. The maximum Gasteiger partial charge on any atom is 0.223 e. The lowest BCUT2D eigenvalue weighted by molar-refractivity contribution is -0.140. The van der Waals surface area contributed by atoms with Crippen LogP contribution in [0.2, 0.25) is 0 Å². The van der Waals surface area contributed by atoms with Crippen molar-refractivity contribution in [3.05, 3.63) is 0 Å². The molecule has 4 aliphatic carbocycles. The van der Waals surface area contributed by atoms with Gasteiger partial charge in [-0.15, -0.1) is 0 Å². The molecule has 3 heteroatoms. The normalized spacial score (nSPS) is 46.8. The number of hydrogen-bond donors (Lipinski definition) is 1. The second kappa shape index (κ2) is 4.72. The Morgan fingerprint density at radius 2 is 1.70 bits per heavy atom. The standard InChI is InChI=1S/C17H28N2O/c18-15-2-1-3-19(11-15)16(20)10-17-7-12-4-13(8-17)6-14(5-12)9-17/h12-15H,1-11,18H2. The Morgan fingerprint density at radius 3 is 2.25 bits per heavy atom. The summed E-state index contributed by atoms with van der Waals surface area (Å²) in [5.74, 6) is 3.23. The van der Waals surface area contributed by atoms with E-state index in [1.165, 1.54) is 38.5 Å². The second-order valence-corrected chi connectivity index (χ2v) is 8.34. The molecule has 5 rings (SSSR count). The van der Waals surface area contributed by atoms with Crippen molar-refractivity contribution in [2.45, 2.75) is 63.8 Å². The van der Waals surface area contributed by atoms with Crippen molar-refractivity contribution in [3.63, 3.8) is 0 Å². The molecule has 1 aliphatic heterocycles. The van der Waals surface area contributed by atoms with Crippen LogP contribution in [0.15, 0.2) is 0 Å². The number of likely N-dealkylation sites (tertiary alicyclic amines) is 1. The monoisotopic (exact) mass is 276 g/mol. The molecule has 3 nitrogen and oxygen atoms in total. The van der Waals surface area contributed by atoms with Gasteiger partial charge in [0.05, 0.1) is 0 Å². The third-order valence-electron chi connectivity index (χ3n) is 6.50. The molecule has 2 N–H and O–H groups in total. The lowest BCUT2D eigenvalue weighted by atomic mass is 9.49. The molecule has 112 valence electrons. The van der Waals surface area contributed by atoms with Crippen LogP contribution in [0.5, 0.6) is 0 Å². The lowest BCUT2D eigenvalue weighted by Crippen LogP contribution is -2.51. The van der Waals surface area contributed by atoms with E-state index >= 15 is 0 Å². The Hall–Kier alpha value is -0.570. The summed E-state index contributed by atoms with van der Waals surface area (Å²) in [7, 11) is 0. The number of nitrogens with two attached hydrogens (primary N) is 1. The molecule has 20 heavy (non-hydrogen) atoms. The Balaban J connectivity index is 1.44. The Kier molecular flexibility index (Phi) is 3.10. The predicted molar refractivity (Wildman–Crippen MR) is 79.0 cm³/mol. The fourth-order valence-electron chi connectivity index (χ4n) is 6.18. The molecule has 0 aromatic carbocycles. The summed E-state index contributed by atoms with van der Waals surface area (Å²) in [6.07, 6.45) is 11.4. The molecule has 1 amide bonds. The van der Waals surface area contributed by atoms with E-state index in [0.29, 0.717) is 11.3 Å². The zero-order valence-electron chi connectivity index (χ0n) is 12.5. The number of piperidine rings is 1. The first-order valence-electron chi connectivity index (χ1n) is 8.65. The Morgan fingerprint density at radius 1 is 1.10 bits per heavy atom. The fraction of sp³-hybridized carbons (Fsp3) is 0.941. The number of rotatable bonds is 2. The number of carbonyl (C=O) groups is 1. The van der Waals surface area contributed by atoms with Crippen LogP contribution in [0.4, 0.5) is 0 Å². The fourth-order valence-corrected chi connectivity index (χ4v) is 6.18. The molecule has 0 radical (unpaired) electrons. The van der Waals surface area contributed by atoms with Gasteiger partial charge in [0.2, 0.25) is 5.91 Å². The van der Waals surface area contributed by atoms with E-state index in [-0.39, 0.29) is 6.04 Å². The minimum absolute atomic E-state index is 0.212. The van der Waals surface area contributed by atoms with Crippen LogP contribution in [0.3, 0.4) is 0 Å². The molecule has 5 aliphatic rings. The molecule has 1 heterocycles. The van der Waals surface area contributed by atoms with Crippen LogP contribution in [0, 0.1) is 23.2 Å². The quantitative estimate of drug-likeness (QED) is 0.842. The predicted octanol–water partition coefficient (Wildman–Crippen LogP) is 2.54. The van der Waals surface area contributed by atoms with Gasteiger partial charge in [-0.25, -0.2) is 0 Å². The SMILES string of the molecule is NC1CCCN(C(=O)CC23CC4CC(CC(C4)C2)C3)C1. The van der Waals surface area contributed by atoms with Crippen LogP contribution < -0.4 is 5.73 Å². The average Bonchev–Trinajstić information content (AvgIpc) is 2.36. The van der Waals surface area contributed by atoms with Crippen LogP contribution >= 0.6 is 0 Å². The molecular formula is C17H28N2O. The summed E-state index contributed by atoms with van der Waals surface area (Å²) < 4.78 is 0. The number of carbonyl (C=O) groups excluding carboxylic acids is 1. The van der Waals surface area contributed by atoms with E-state index in [1.54, 1.807) is 0 Å². The zero-order valence-corrected chi connectivity index (χ0v) is 12.5. The first kappa shape index (κ1) is 13.1. The van der Waals surface area contributed by atoms with Crippen LogP contribution in [-0.4, -0.2) is 29.9 Å². The van der Waals surface area contributed by atoms with Crippen molar-refractivity contribution in [2.75, 3.05) is 13.1 Å². The van der Waals surface area contributed by atoms with Crippen molar-refractivity contribution in [2.24, 2.45) is 28.9 Å². The molecule has 1 unspecified atom stereocenters. The number of amides is 1. The molecule has 1 atom stereocenters. The molecule has 4 bridgehead atoms. The van der Waals surface area contributed by atoms with Gasteiger partial charge in [-0.2, -0.15) is 0 Å². The highest BCUT2D eigenvalue weighted by atomic mass is 16.2. The van der Waals surface area contributed by atoms with Gasteiger partial charge in [0.15, 0.2) is 0 Å². The van der Waals surface area contributed by atoms with Crippen LogP contribution in [-0.2, 0) is 4.79 Å². The van der Waals surface area contributed by atoms with Crippen molar-refractivity contribution in [3.8, 4) is 0 Å². The maximum atomic E-state index is 12.7. The molecule has 4 saturated carbocycles. The highest BCUT2D eigenvalue weighted by Gasteiger charge is 2.51. The van der Waals surface area contributed by atoms with Gasteiger partial charge in [0, 0.05) is 25.6 Å². The summed E-state index contributed by atoms with van der Waals surface area (Å²) in [6.45, 7) is 1.74. The van der Waals surface area contributed by atoms with E-state index in [2.05, 4.69) is 4.90 Å². The first-order valence-corrected chi connectivity index (χ1v) is 8.65. The van der Waals surface area contributed by atoms with Crippen molar-refractivity contribution >= 4 is 5.91 Å². The second-order valence-electron chi connectivity index (χ2n) is 8.34. The smallest absolute Gasteiger partial charge is 0.223 e. The number of hydrogen-bond acceptors (Lipinski definition) is 2. The first-order chi connectivity index (χ1) is 9.62. The van der Waals surface area contributed by atoms with Gasteiger partial charge in [0.1, 0.15) is 0 Å². The van der Waals surface area contributed by atoms with Gasteiger partial charge < -0.3 is 10.6 Å². The Labute approximate surface area is 122 Å². The lowest BCUT2D eigenvalue weighted by Gasteiger charge is -2.57. The average molecular weight is 276 g/mol. The van der Waals surface area contributed by atoms with Gasteiger partial charge >= 0.3 is 0 Å². The van der Waals surface area contributed by atoms with Gasteiger partial charge in [-0.3, -0.25) is 4.79 Å². The van der Waals surface area contributed by atoms with Crippen LogP contribution in [0.25, 0.3) is 0 Å². The highest BCUT2D eigenvalue weighted by Crippen LogP contribution is 2.61. The van der Waals surface area contributed by atoms with Crippen molar-refractivity contribution in [1.82, 2.24) is 4.90 Å². The minimum Gasteiger partial charge on any atom is -0.341 e. The minimum atomic E-state index is 0.212. The maximum absolute atomic E-state index is 12.7. The summed E-state index contributed by atoms with van der Waals surface area (Å²) in [5.41, 5.74) is 6.41. The van der Waals surface area contributed by atoms with Crippen molar-refractivity contribution in [1.29, 1.82) is 0 Å². The van der Waals surface area contributed by atoms with E-state index in [9.17, 15) is 4.79 Å². The van der Waals surface area contributed by atoms with Gasteiger partial charge in [-0.05, 0) is 74.5 Å². The Bertz CT molecular complexity index is 371. The highest BCUT2D eigenvalue weighted by molar-refractivity contribution is 5.77. The van der Waals surface area contributed by atoms with Gasteiger partial charge in [-0.1, -0.05) is 0 Å². The zero-order chi connectivity index (χ0) is 13.7. The van der Waals surface area contributed by atoms with E-state index in [1.807, 2.05) is 0 Å². The third kappa shape index (κ3) is 2.28. The van der Waals surface area contributed by atoms with E-state index in [4.69, 9.17) is 5.73 Å². The summed E-state index contributed by atoms with van der Waals surface area (Å²) in [6, 6.07) is 0.212.